The topological polar surface area (TPSA) is 179 Å². The van der Waals surface area contributed by atoms with E-state index in [1.54, 1.807) is 0 Å². The molecular formula is C28H54O11. The van der Waals surface area contributed by atoms with Crippen molar-refractivity contribution in [1.82, 2.24) is 0 Å². The minimum absolute atomic E-state index is 0.322. The summed E-state index contributed by atoms with van der Waals surface area (Å²) in [5, 5.41) is 70.4. The van der Waals surface area contributed by atoms with E-state index < -0.39 is 74.6 Å². The third kappa shape index (κ3) is 11.4. The number of aliphatic hydroxyl groups excluding tert-OH is 7. The summed E-state index contributed by atoms with van der Waals surface area (Å²) in [5.41, 5.74) is 0. The summed E-state index contributed by atoms with van der Waals surface area (Å²) in [6, 6.07) is 0. The number of hydrogen-bond donors (Lipinski definition) is 7. The minimum atomic E-state index is -1.69. The fourth-order valence-electron chi connectivity index (χ4n) is 5.19. The Morgan fingerprint density at radius 1 is 0.513 bits per heavy atom. The van der Waals surface area contributed by atoms with E-state index in [0.29, 0.717) is 6.61 Å². The first-order valence-corrected chi connectivity index (χ1v) is 15.1. The molecule has 0 aromatic carbocycles. The van der Waals surface area contributed by atoms with Gasteiger partial charge >= 0.3 is 0 Å². The van der Waals surface area contributed by atoms with Crippen molar-refractivity contribution >= 4 is 0 Å². The average Bonchev–Trinajstić information content (AvgIpc) is 2.94. The second-order valence-electron chi connectivity index (χ2n) is 11.0. The molecule has 11 nitrogen and oxygen atoms in total. The van der Waals surface area contributed by atoms with E-state index in [4.69, 9.17) is 18.9 Å². The van der Waals surface area contributed by atoms with E-state index in [1.807, 2.05) is 0 Å². The summed E-state index contributed by atoms with van der Waals surface area (Å²) < 4.78 is 22.1. The summed E-state index contributed by atoms with van der Waals surface area (Å²) in [7, 11) is 0. The van der Waals surface area contributed by atoms with Gasteiger partial charge in [-0.3, -0.25) is 0 Å². The third-order valence-electron chi connectivity index (χ3n) is 7.74. The Hall–Kier alpha value is -0.440. The largest absolute Gasteiger partial charge is 0.394 e. The Labute approximate surface area is 233 Å². The molecule has 2 aliphatic rings. The molecule has 2 fully saturated rings. The first-order chi connectivity index (χ1) is 18.8. The number of rotatable bonds is 20. The number of aliphatic hydroxyl groups is 7. The molecule has 232 valence electrons. The number of ether oxygens (including phenoxy) is 4. The SMILES string of the molecule is CCCCCCCCCCCCCCCCO[C@@H]1OC(CO)[C@@H](O[C@H]2OC(CO)[C@@H](O)C(O)[C@@H]2O)C(O)[C@@H]1O. The van der Waals surface area contributed by atoms with E-state index in [-0.39, 0.29) is 0 Å². The van der Waals surface area contributed by atoms with Gasteiger partial charge in [-0.15, -0.1) is 0 Å². The van der Waals surface area contributed by atoms with Gasteiger partial charge in [-0.1, -0.05) is 90.4 Å². The number of unbranched alkanes of at least 4 members (excludes halogenated alkanes) is 13. The highest BCUT2D eigenvalue weighted by atomic mass is 16.7. The standard InChI is InChI=1S/C28H54O11/c1-2-3-4-5-6-7-8-9-10-11-12-13-14-15-16-36-27-25(35)23(33)26(20(18-30)38-27)39-28-24(34)22(32)21(31)19(17-29)37-28/h19-35H,2-18H2,1H3/t19?,20?,21-,22?,23?,24+,25+,26-,27-,28-/m1/s1. The summed E-state index contributed by atoms with van der Waals surface area (Å²) in [6.07, 6.45) is 2.97. The van der Waals surface area contributed by atoms with E-state index in [1.165, 1.54) is 70.6 Å². The lowest BCUT2D eigenvalue weighted by molar-refractivity contribution is -0.359. The van der Waals surface area contributed by atoms with Crippen molar-refractivity contribution in [2.45, 2.75) is 158 Å². The van der Waals surface area contributed by atoms with E-state index in [2.05, 4.69) is 6.92 Å². The van der Waals surface area contributed by atoms with Crippen LogP contribution in [0, 0.1) is 0 Å². The van der Waals surface area contributed by atoms with Gasteiger partial charge in [0.05, 0.1) is 13.2 Å². The van der Waals surface area contributed by atoms with E-state index in [0.717, 1.165) is 19.3 Å². The zero-order chi connectivity index (χ0) is 28.6. The van der Waals surface area contributed by atoms with Gasteiger partial charge in [-0.25, -0.2) is 0 Å². The second-order valence-corrected chi connectivity index (χ2v) is 11.0. The van der Waals surface area contributed by atoms with Gasteiger partial charge < -0.3 is 54.7 Å². The van der Waals surface area contributed by atoms with Crippen molar-refractivity contribution < 1.29 is 54.7 Å². The van der Waals surface area contributed by atoms with Crippen LogP contribution < -0.4 is 0 Å². The molecule has 2 saturated heterocycles. The van der Waals surface area contributed by atoms with Crippen molar-refractivity contribution in [3.8, 4) is 0 Å². The van der Waals surface area contributed by atoms with Crippen LogP contribution in [0.5, 0.6) is 0 Å². The van der Waals surface area contributed by atoms with Gasteiger partial charge in [0, 0.05) is 6.61 Å². The average molecular weight is 567 g/mol. The lowest BCUT2D eigenvalue weighted by atomic mass is 9.97. The van der Waals surface area contributed by atoms with E-state index in [9.17, 15) is 35.7 Å². The van der Waals surface area contributed by atoms with Gasteiger partial charge in [0.2, 0.25) is 0 Å². The molecule has 0 aromatic heterocycles. The third-order valence-corrected chi connectivity index (χ3v) is 7.74. The highest BCUT2D eigenvalue weighted by molar-refractivity contribution is 4.94. The van der Waals surface area contributed by atoms with Crippen molar-refractivity contribution in [3.63, 3.8) is 0 Å². The lowest BCUT2D eigenvalue weighted by Gasteiger charge is -2.45. The van der Waals surface area contributed by atoms with Crippen LogP contribution in [0.3, 0.4) is 0 Å². The van der Waals surface area contributed by atoms with Crippen molar-refractivity contribution in [1.29, 1.82) is 0 Å². The molecule has 11 heteroatoms. The van der Waals surface area contributed by atoms with Gasteiger partial charge in [0.25, 0.3) is 0 Å². The van der Waals surface area contributed by atoms with Gasteiger partial charge in [-0.05, 0) is 6.42 Å². The molecule has 7 N–H and O–H groups in total. The van der Waals surface area contributed by atoms with Crippen molar-refractivity contribution in [2.24, 2.45) is 0 Å². The van der Waals surface area contributed by atoms with Gasteiger partial charge in [-0.2, -0.15) is 0 Å². The molecule has 4 unspecified atom stereocenters. The van der Waals surface area contributed by atoms with Crippen LogP contribution in [0.2, 0.25) is 0 Å². The van der Waals surface area contributed by atoms with Crippen LogP contribution >= 0.6 is 0 Å². The monoisotopic (exact) mass is 566 g/mol. The van der Waals surface area contributed by atoms with Crippen LogP contribution in [0.25, 0.3) is 0 Å². The van der Waals surface area contributed by atoms with Crippen LogP contribution in [-0.2, 0) is 18.9 Å². The molecular weight excluding hydrogens is 512 g/mol. The predicted molar refractivity (Wildman–Crippen MR) is 143 cm³/mol. The Morgan fingerprint density at radius 3 is 1.49 bits per heavy atom. The molecule has 2 aliphatic heterocycles. The quantitative estimate of drug-likeness (QED) is 0.105. The minimum Gasteiger partial charge on any atom is -0.394 e. The summed E-state index contributed by atoms with van der Waals surface area (Å²) >= 11 is 0. The molecule has 2 heterocycles. The highest BCUT2D eigenvalue weighted by Gasteiger charge is 2.50. The van der Waals surface area contributed by atoms with E-state index >= 15 is 0 Å². The maximum atomic E-state index is 10.6. The predicted octanol–water partition coefficient (Wildman–Crippen LogP) is 1.11. The molecule has 39 heavy (non-hydrogen) atoms. The van der Waals surface area contributed by atoms with Crippen molar-refractivity contribution in [3.05, 3.63) is 0 Å². The molecule has 10 atom stereocenters. The van der Waals surface area contributed by atoms with Crippen LogP contribution in [-0.4, -0.2) is 117 Å². The molecule has 0 spiro atoms. The fraction of sp³-hybridized carbons (Fsp3) is 1.00. The molecule has 0 aromatic rings. The molecule has 0 amide bonds. The highest BCUT2D eigenvalue weighted by Crippen LogP contribution is 2.29. The van der Waals surface area contributed by atoms with Gasteiger partial charge in [0.15, 0.2) is 12.6 Å². The summed E-state index contributed by atoms with van der Waals surface area (Å²) in [6.45, 7) is 1.34. The van der Waals surface area contributed by atoms with Crippen LogP contribution in [0.4, 0.5) is 0 Å². The molecule has 0 saturated carbocycles. The fourth-order valence-corrected chi connectivity index (χ4v) is 5.19. The zero-order valence-corrected chi connectivity index (χ0v) is 23.6. The summed E-state index contributed by atoms with van der Waals surface area (Å²) in [5.74, 6) is 0. The first kappa shape index (κ1) is 34.8. The molecule has 2 rings (SSSR count). The Morgan fingerprint density at radius 2 is 0.974 bits per heavy atom. The molecule has 0 radical (unpaired) electrons. The smallest absolute Gasteiger partial charge is 0.187 e. The maximum Gasteiger partial charge on any atom is 0.187 e. The normalized spacial score (nSPS) is 35.4. The lowest BCUT2D eigenvalue weighted by Crippen LogP contribution is -2.64. The summed E-state index contributed by atoms with van der Waals surface area (Å²) in [4.78, 5) is 0. The Bertz CT molecular complexity index is 608. The van der Waals surface area contributed by atoms with Gasteiger partial charge in [0.1, 0.15) is 48.8 Å². The number of hydrogen-bond acceptors (Lipinski definition) is 11. The first-order valence-electron chi connectivity index (χ1n) is 15.1. The Kier molecular flexibility index (Phi) is 17.5. The second kappa shape index (κ2) is 19.6. The maximum absolute atomic E-state index is 10.6. The van der Waals surface area contributed by atoms with Crippen molar-refractivity contribution in [2.75, 3.05) is 19.8 Å². The zero-order valence-electron chi connectivity index (χ0n) is 23.6. The van der Waals surface area contributed by atoms with Crippen LogP contribution in [0.15, 0.2) is 0 Å². The molecule has 0 bridgehead atoms. The molecule has 0 aliphatic carbocycles. The van der Waals surface area contributed by atoms with Crippen LogP contribution in [0.1, 0.15) is 96.8 Å². The Balaban J connectivity index is 1.62.